The maximum absolute atomic E-state index is 6.18. The van der Waals surface area contributed by atoms with E-state index in [0.717, 1.165) is 16.4 Å². The van der Waals surface area contributed by atoms with Crippen LogP contribution in [-0.4, -0.2) is 21.9 Å². The first-order valence-corrected chi connectivity index (χ1v) is 6.28. The Morgan fingerprint density at radius 1 is 1.56 bits per heavy atom. The van der Waals surface area contributed by atoms with Crippen LogP contribution in [0.3, 0.4) is 0 Å². The summed E-state index contributed by atoms with van der Waals surface area (Å²) >= 11 is 13.5. The number of hydrogen-bond donors (Lipinski definition) is 0. The van der Waals surface area contributed by atoms with Crippen LogP contribution in [0, 0.1) is 0 Å². The van der Waals surface area contributed by atoms with Crippen molar-refractivity contribution in [3.63, 3.8) is 0 Å². The number of ether oxygens (including phenoxy) is 1. The van der Waals surface area contributed by atoms with Crippen molar-refractivity contribution < 1.29 is 4.74 Å². The zero-order valence-corrected chi connectivity index (χ0v) is 10.8. The van der Waals surface area contributed by atoms with E-state index in [0.29, 0.717) is 17.6 Å². The van der Waals surface area contributed by atoms with Crippen LogP contribution in [0.1, 0.15) is 11.3 Å². The lowest BCUT2D eigenvalue weighted by atomic mass is 10.3. The fourth-order valence-corrected chi connectivity index (χ4v) is 2.59. The maximum Gasteiger partial charge on any atom is 0.211 e. The van der Waals surface area contributed by atoms with Crippen molar-refractivity contribution in [1.29, 1.82) is 0 Å². The van der Waals surface area contributed by atoms with Crippen LogP contribution in [-0.2, 0) is 17.2 Å². The number of thiazole rings is 1. The minimum Gasteiger partial charge on any atom is -0.378 e. The number of methoxy groups -OCH3 is 1. The van der Waals surface area contributed by atoms with Crippen LogP contribution >= 0.6 is 34.5 Å². The van der Waals surface area contributed by atoms with E-state index < -0.39 is 0 Å². The average molecular weight is 278 g/mol. The van der Waals surface area contributed by atoms with E-state index in [2.05, 4.69) is 10.1 Å². The number of rotatable bonds is 4. The van der Waals surface area contributed by atoms with Crippen LogP contribution in [0.5, 0.6) is 0 Å². The zero-order chi connectivity index (χ0) is 11.5. The van der Waals surface area contributed by atoms with E-state index in [-0.39, 0.29) is 0 Å². The molecule has 0 unspecified atom stereocenters. The maximum atomic E-state index is 6.18. The Kier molecular flexibility index (Phi) is 3.81. The standard InChI is InChI=1S/C9H9Cl2N3OS/c1-15-5-7-6(4-10)8(11)14(13-7)9-12-2-3-16-9/h2-3H,4-5H2,1H3. The summed E-state index contributed by atoms with van der Waals surface area (Å²) in [6, 6.07) is 0. The molecule has 7 heteroatoms. The highest BCUT2D eigenvalue weighted by Gasteiger charge is 2.17. The van der Waals surface area contributed by atoms with Crippen molar-refractivity contribution in [2.45, 2.75) is 12.5 Å². The van der Waals surface area contributed by atoms with Crippen LogP contribution in [0.2, 0.25) is 5.15 Å². The van der Waals surface area contributed by atoms with Gasteiger partial charge >= 0.3 is 0 Å². The molecule has 0 atom stereocenters. The topological polar surface area (TPSA) is 39.9 Å². The van der Waals surface area contributed by atoms with Crippen LogP contribution in [0.15, 0.2) is 11.6 Å². The Hall–Kier alpha value is -0.620. The van der Waals surface area contributed by atoms with Gasteiger partial charge in [0.2, 0.25) is 5.13 Å². The molecule has 2 heterocycles. The number of hydrogen-bond acceptors (Lipinski definition) is 4. The molecular weight excluding hydrogens is 269 g/mol. The van der Waals surface area contributed by atoms with E-state index in [1.165, 1.54) is 11.3 Å². The normalized spacial score (nSPS) is 10.9. The van der Waals surface area contributed by atoms with Crippen LogP contribution in [0.4, 0.5) is 0 Å². The molecule has 0 aliphatic carbocycles. The first kappa shape index (κ1) is 11.9. The van der Waals surface area contributed by atoms with Gasteiger partial charge in [-0.25, -0.2) is 4.98 Å². The van der Waals surface area contributed by atoms with Gasteiger partial charge in [-0.15, -0.1) is 22.9 Å². The molecule has 0 saturated heterocycles. The predicted octanol–water partition coefficient (Wildman–Crippen LogP) is 2.87. The minimum atomic E-state index is 0.308. The second-order valence-corrected chi connectivity index (χ2v) is 4.51. The summed E-state index contributed by atoms with van der Waals surface area (Å²) in [5, 5.41) is 7.42. The largest absolute Gasteiger partial charge is 0.378 e. The van der Waals surface area contributed by atoms with Gasteiger partial charge in [-0.1, -0.05) is 11.6 Å². The minimum absolute atomic E-state index is 0.308. The Morgan fingerprint density at radius 2 is 2.38 bits per heavy atom. The molecular formula is C9H9Cl2N3OS. The van der Waals surface area contributed by atoms with Gasteiger partial charge in [-0.3, -0.25) is 0 Å². The smallest absolute Gasteiger partial charge is 0.211 e. The average Bonchev–Trinajstić information content (AvgIpc) is 2.87. The Balaban J connectivity index is 2.47. The third kappa shape index (κ3) is 2.08. The lowest BCUT2D eigenvalue weighted by molar-refractivity contribution is 0.180. The molecule has 0 radical (unpaired) electrons. The Bertz CT molecular complexity index is 469. The number of halogens is 2. The summed E-state index contributed by atoms with van der Waals surface area (Å²) in [7, 11) is 1.61. The van der Waals surface area contributed by atoms with E-state index in [1.807, 2.05) is 5.38 Å². The predicted molar refractivity (Wildman–Crippen MR) is 64.5 cm³/mol. The van der Waals surface area contributed by atoms with Gasteiger partial charge in [0, 0.05) is 24.3 Å². The molecule has 0 N–H and O–H groups in total. The van der Waals surface area contributed by atoms with Crippen molar-refractivity contribution in [1.82, 2.24) is 14.8 Å². The summed E-state index contributed by atoms with van der Waals surface area (Å²) in [4.78, 5) is 4.15. The van der Waals surface area contributed by atoms with Crippen molar-refractivity contribution in [2.24, 2.45) is 0 Å². The highest BCUT2D eigenvalue weighted by Crippen LogP contribution is 2.26. The molecule has 2 aromatic heterocycles. The first-order chi connectivity index (χ1) is 7.77. The van der Waals surface area contributed by atoms with Crippen molar-refractivity contribution >= 4 is 34.5 Å². The van der Waals surface area contributed by atoms with Gasteiger partial charge in [0.1, 0.15) is 5.15 Å². The summed E-state index contributed by atoms with van der Waals surface area (Å²) in [5.74, 6) is 0.308. The van der Waals surface area contributed by atoms with Crippen molar-refractivity contribution in [3.8, 4) is 5.13 Å². The van der Waals surface area contributed by atoms with Gasteiger partial charge in [-0.2, -0.15) is 9.78 Å². The molecule has 86 valence electrons. The molecule has 4 nitrogen and oxygen atoms in total. The lowest BCUT2D eigenvalue weighted by Gasteiger charge is -1.96. The number of alkyl halides is 1. The number of aromatic nitrogens is 3. The summed E-state index contributed by atoms with van der Waals surface area (Å²) in [6.07, 6.45) is 1.70. The van der Waals surface area contributed by atoms with E-state index in [9.17, 15) is 0 Å². The molecule has 2 rings (SSSR count). The third-order valence-electron chi connectivity index (χ3n) is 2.02. The van der Waals surface area contributed by atoms with Gasteiger partial charge in [0.05, 0.1) is 18.2 Å². The zero-order valence-electron chi connectivity index (χ0n) is 8.48. The fourth-order valence-electron chi connectivity index (χ4n) is 1.30. The molecule has 2 aromatic rings. The molecule has 0 aliphatic rings. The molecule has 0 fully saturated rings. The molecule has 16 heavy (non-hydrogen) atoms. The first-order valence-electron chi connectivity index (χ1n) is 4.49. The highest BCUT2D eigenvalue weighted by atomic mass is 35.5. The van der Waals surface area contributed by atoms with Gasteiger partial charge in [-0.05, 0) is 0 Å². The van der Waals surface area contributed by atoms with Crippen LogP contribution < -0.4 is 0 Å². The fraction of sp³-hybridized carbons (Fsp3) is 0.333. The van der Waals surface area contributed by atoms with Crippen molar-refractivity contribution in [2.75, 3.05) is 7.11 Å². The monoisotopic (exact) mass is 277 g/mol. The van der Waals surface area contributed by atoms with Crippen molar-refractivity contribution in [3.05, 3.63) is 28.0 Å². The third-order valence-corrected chi connectivity index (χ3v) is 3.42. The van der Waals surface area contributed by atoms with E-state index in [4.69, 9.17) is 27.9 Å². The molecule has 0 aromatic carbocycles. The second kappa shape index (κ2) is 5.14. The summed E-state index contributed by atoms with van der Waals surface area (Å²) in [5.41, 5.74) is 1.54. The number of nitrogens with zero attached hydrogens (tertiary/aromatic N) is 3. The second-order valence-electron chi connectivity index (χ2n) is 3.01. The van der Waals surface area contributed by atoms with Gasteiger partial charge in [0.15, 0.2) is 0 Å². The molecule has 0 amide bonds. The SMILES string of the molecule is COCc1nn(-c2nccs2)c(Cl)c1CCl. The Labute approximate surface area is 107 Å². The van der Waals surface area contributed by atoms with Gasteiger partial charge in [0.25, 0.3) is 0 Å². The van der Waals surface area contributed by atoms with E-state index >= 15 is 0 Å². The summed E-state index contributed by atoms with van der Waals surface area (Å²) < 4.78 is 6.63. The summed E-state index contributed by atoms with van der Waals surface area (Å²) in [6.45, 7) is 0.389. The molecule has 0 spiro atoms. The molecule has 0 saturated carbocycles. The lowest BCUT2D eigenvalue weighted by Crippen LogP contribution is -1.97. The quantitative estimate of drug-likeness (QED) is 0.807. The van der Waals surface area contributed by atoms with E-state index in [1.54, 1.807) is 18.0 Å². The molecule has 0 bridgehead atoms. The molecule has 0 aliphatic heterocycles. The highest BCUT2D eigenvalue weighted by molar-refractivity contribution is 7.12. The van der Waals surface area contributed by atoms with Gasteiger partial charge < -0.3 is 4.74 Å². The van der Waals surface area contributed by atoms with Crippen LogP contribution in [0.25, 0.3) is 5.13 Å². The Morgan fingerprint density at radius 3 is 2.94 bits per heavy atom.